The van der Waals surface area contributed by atoms with E-state index in [2.05, 4.69) is 10.3 Å². The number of amides is 2. The molecule has 1 atom stereocenters. The maximum atomic E-state index is 12.2. The SMILES string of the molecule is CCCC1(C(=O)O)CCCN(C(=O)NCc2cncs2)C1. The number of piperidine rings is 1. The lowest BCUT2D eigenvalue weighted by Gasteiger charge is -2.39. The molecule has 0 aliphatic carbocycles. The van der Waals surface area contributed by atoms with E-state index in [1.165, 1.54) is 11.3 Å². The van der Waals surface area contributed by atoms with E-state index in [9.17, 15) is 14.7 Å². The number of aliphatic carboxylic acids is 1. The first-order valence-corrected chi connectivity index (χ1v) is 8.09. The molecule has 0 bridgehead atoms. The average molecular weight is 311 g/mol. The summed E-state index contributed by atoms with van der Waals surface area (Å²) < 4.78 is 0. The van der Waals surface area contributed by atoms with Gasteiger partial charge in [-0.15, -0.1) is 11.3 Å². The van der Waals surface area contributed by atoms with Crippen LogP contribution >= 0.6 is 11.3 Å². The van der Waals surface area contributed by atoms with E-state index in [0.29, 0.717) is 32.5 Å². The third-order valence-electron chi connectivity index (χ3n) is 3.94. The van der Waals surface area contributed by atoms with Crippen molar-refractivity contribution in [3.05, 3.63) is 16.6 Å². The van der Waals surface area contributed by atoms with Crippen LogP contribution in [0.3, 0.4) is 0 Å². The number of carboxylic acids is 1. The molecule has 21 heavy (non-hydrogen) atoms. The predicted molar refractivity (Wildman–Crippen MR) is 80.1 cm³/mol. The number of rotatable bonds is 5. The number of nitrogens with one attached hydrogen (secondary N) is 1. The van der Waals surface area contributed by atoms with Crippen molar-refractivity contribution >= 4 is 23.3 Å². The standard InChI is InChI=1S/C14H21N3O3S/c1-2-4-14(12(18)19)5-3-6-17(9-14)13(20)16-8-11-7-15-10-21-11/h7,10H,2-6,8-9H2,1H3,(H,16,20)(H,18,19). The van der Waals surface area contributed by atoms with Gasteiger partial charge in [-0.2, -0.15) is 0 Å². The van der Waals surface area contributed by atoms with E-state index in [-0.39, 0.29) is 6.03 Å². The van der Waals surface area contributed by atoms with Gasteiger partial charge in [-0.1, -0.05) is 13.3 Å². The molecule has 2 heterocycles. The lowest BCUT2D eigenvalue weighted by atomic mass is 9.76. The summed E-state index contributed by atoms with van der Waals surface area (Å²) in [4.78, 5) is 30.4. The molecule has 6 nitrogen and oxygen atoms in total. The lowest BCUT2D eigenvalue weighted by Crippen LogP contribution is -2.52. The second-order valence-electron chi connectivity index (χ2n) is 5.49. The van der Waals surface area contributed by atoms with Crippen molar-refractivity contribution in [3.63, 3.8) is 0 Å². The molecule has 1 fully saturated rings. The Bertz CT molecular complexity index is 488. The van der Waals surface area contributed by atoms with Gasteiger partial charge in [-0.25, -0.2) is 4.79 Å². The Morgan fingerprint density at radius 1 is 1.57 bits per heavy atom. The van der Waals surface area contributed by atoms with Crippen molar-refractivity contribution in [1.82, 2.24) is 15.2 Å². The second-order valence-corrected chi connectivity index (χ2v) is 6.46. The van der Waals surface area contributed by atoms with Crippen molar-refractivity contribution < 1.29 is 14.7 Å². The first kappa shape index (κ1) is 15.8. The van der Waals surface area contributed by atoms with Crippen LogP contribution in [0.2, 0.25) is 0 Å². The Labute approximate surface area is 128 Å². The first-order chi connectivity index (χ1) is 10.1. The van der Waals surface area contributed by atoms with Crippen molar-refractivity contribution in [2.24, 2.45) is 5.41 Å². The van der Waals surface area contributed by atoms with Crippen molar-refractivity contribution in [2.75, 3.05) is 13.1 Å². The summed E-state index contributed by atoms with van der Waals surface area (Å²) in [6, 6.07) is -0.190. The lowest BCUT2D eigenvalue weighted by molar-refractivity contribution is -0.152. The molecule has 0 spiro atoms. The van der Waals surface area contributed by atoms with Gasteiger partial charge in [0.15, 0.2) is 0 Å². The molecular formula is C14H21N3O3S. The molecule has 1 aliphatic heterocycles. The van der Waals surface area contributed by atoms with Crippen LogP contribution in [0.4, 0.5) is 4.79 Å². The molecule has 2 amide bonds. The van der Waals surface area contributed by atoms with Gasteiger partial charge in [0.05, 0.1) is 17.5 Å². The first-order valence-electron chi connectivity index (χ1n) is 7.21. The van der Waals surface area contributed by atoms with Crippen LogP contribution in [-0.4, -0.2) is 40.1 Å². The molecule has 2 N–H and O–H groups in total. The quantitative estimate of drug-likeness (QED) is 0.874. The minimum atomic E-state index is -0.788. The number of carbonyl (C=O) groups excluding carboxylic acids is 1. The van der Waals surface area contributed by atoms with Gasteiger partial charge in [0, 0.05) is 24.2 Å². The zero-order valence-corrected chi connectivity index (χ0v) is 13.0. The van der Waals surface area contributed by atoms with Gasteiger partial charge in [-0.3, -0.25) is 9.78 Å². The number of aromatic nitrogens is 1. The Kier molecular flexibility index (Phi) is 5.17. The Balaban J connectivity index is 1.96. The van der Waals surface area contributed by atoms with E-state index in [1.807, 2.05) is 6.92 Å². The number of hydrogen-bond donors (Lipinski definition) is 2. The summed E-state index contributed by atoms with van der Waals surface area (Å²) in [6.07, 6.45) is 4.53. The normalized spacial score (nSPS) is 22.0. The Hall–Kier alpha value is -1.63. The minimum Gasteiger partial charge on any atom is -0.481 e. The van der Waals surface area contributed by atoms with Crippen LogP contribution in [0, 0.1) is 5.41 Å². The number of hydrogen-bond acceptors (Lipinski definition) is 4. The van der Waals surface area contributed by atoms with E-state index in [1.54, 1.807) is 16.6 Å². The summed E-state index contributed by atoms with van der Waals surface area (Å²) in [5, 5.41) is 12.4. The molecule has 1 aromatic rings. The van der Waals surface area contributed by atoms with Gasteiger partial charge in [0.2, 0.25) is 0 Å². The number of carboxylic acid groups (broad SMARTS) is 1. The molecule has 0 aromatic carbocycles. The predicted octanol–water partition coefficient (Wildman–Crippen LogP) is 2.32. The summed E-state index contributed by atoms with van der Waals surface area (Å²) in [7, 11) is 0. The average Bonchev–Trinajstić information content (AvgIpc) is 2.98. The minimum absolute atomic E-state index is 0.190. The highest BCUT2D eigenvalue weighted by Gasteiger charge is 2.42. The third kappa shape index (κ3) is 3.72. The largest absolute Gasteiger partial charge is 0.481 e. The van der Waals surface area contributed by atoms with E-state index >= 15 is 0 Å². The smallest absolute Gasteiger partial charge is 0.317 e. The Morgan fingerprint density at radius 3 is 3.00 bits per heavy atom. The summed E-state index contributed by atoms with van der Waals surface area (Å²) in [6.45, 7) is 3.33. The van der Waals surface area contributed by atoms with Crippen LogP contribution in [-0.2, 0) is 11.3 Å². The molecule has 2 rings (SSSR count). The molecule has 0 radical (unpaired) electrons. The van der Waals surface area contributed by atoms with Crippen LogP contribution in [0.5, 0.6) is 0 Å². The molecule has 7 heteroatoms. The topological polar surface area (TPSA) is 82.5 Å². The zero-order chi connectivity index (χ0) is 15.3. The summed E-state index contributed by atoms with van der Waals surface area (Å²) in [5.74, 6) is -0.788. The number of carbonyl (C=O) groups is 2. The van der Waals surface area contributed by atoms with Gasteiger partial charge >= 0.3 is 12.0 Å². The van der Waals surface area contributed by atoms with Crippen molar-refractivity contribution in [2.45, 2.75) is 39.2 Å². The van der Waals surface area contributed by atoms with Gasteiger partial charge in [0.1, 0.15) is 0 Å². The number of likely N-dealkylation sites (tertiary alicyclic amines) is 1. The summed E-state index contributed by atoms with van der Waals surface area (Å²) in [5.41, 5.74) is 0.938. The van der Waals surface area contributed by atoms with Crippen LogP contribution in [0.1, 0.15) is 37.5 Å². The molecule has 1 aromatic heterocycles. The van der Waals surface area contributed by atoms with Crippen LogP contribution in [0.15, 0.2) is 11.7 Å². The molecule has 116 valence electrons. The van der Waals surface area contributed by atoms with Crippen molar-refractivity contribution in [1.29, 1.82) is 0 Å². The van der Waals surface area contributed by atoms with E-state index < -0.39 is 11.4 Å². The fourth-order valence-corrected chi connectivity index (χ4v) is 3.41. The number of urea groups is 1. The maximum Gasteiger partial charge on any atom is 0.317 e. The monoisotopic (exact) mass is 311 g/mol. The molecule has 1 unspecified atom stereocenters. The Morgan fingerprint density at radius 2 is 2.38 bits per heavy atom. The fourth-order valence-electron chi connectivity index (χ4n) is 2.87. The fraction of sp³-hybridized carbons (Fsp3) is 0.643. The van der Waals surface area contributed by atoms with E-state index in [0.717, 1.165) is 17.7 Å². The van der Waals surface area contributed by atoms with Gasteiger partial charge in [-0.05, 0) is 19.3 Å². The van der Waals surface area contributed by atoms with Crippen LogP contribution in [0.25, 0.3) is 0 Å². The second kappa shape index (κ2) is 6.89. The molecule has 1 saturated heterocycles. The number of thiazole rings is 1. The number of nitrogens with zero attached hydrogens (tertiary/aromatic N) is 2. The zero-order valence-electron chi connectivity index (χ0n) is 12.2. The van der Waals surface area contributed by atoms with Gasteiger partial charge < -0.3 is 15.3 Å². The highest BCUT2D eigenvalue weighted by atomic mass is 32.1. The van der Waals surface area contributed by atoms with Crippen molar-refractivity contribution in [3.8, 4) is 0 Å². The summed E-state index contributed by atoms with van der Waals surface area (Å²) >= 11 is 1.49. The highest BCUT2D eigenvalue weighted by molar-refractivity contribution is 7.09. The van der Waals surface area contributed by atoms with E-state index in [4.69, 9.17) is 0 Å². The molecule has 0 saturated carbocycles. The third-order valence-corrected chi connectivity index (χ3v) is 4.72. The van der Waals surface area contributed by atoms with Gasteiger partial charge in [0.25, 0.3) is 0 Å². The molecular weight excluding hydrogens is 290 g/mol. The molecule has 1 aliphatic rings. The highest BCUT2D eigenvalue weighted by Crippen LogP contribution is 2.35. The maximum absolute atomic E-state index is 12.2. The van der Waals surface area contributed by atoms with Crippen LogP contribution < -0.4 is 5.32 Å².